The molecule has 0 radical (unpaired) electrons. The van der Waals surface area contributed by atoms with Crippen LogP contribution in [0.4, 0.5) is 11.4 Å². The van der Waals surface area contributed by atoms with Gasteiger partial charge in [0.2, 0.25) is 0 Å². The van der Waals surface area contributed by atoms with Gasteiger partial charge in [0.05, 0.1) is 22.4 Å². The van der Waals surface area contributed by atoms with Crippen LogP contribution in [0.2, 0.25) is 10.0 Å². The lowest BCUT2D eigenvalue weighted by molar-refractivity contribution is -0.115. The number of anilines is 2. The number of hydrogen-bond donors (Lipinski definition) is 1. The molecule has 0 saturated heterocycles. The molecule has 2 aliphatic rings. The van der Waals surface area contributed by atoms with Crippen molar-refractivity contribution in [2.75, 3.05) is 16.6 Å². The van der Waals surface area contributed by atoms with Gasteiger partial charge in [-0.3, -0.25) is 20.2 Å². The molecule has 33 heavy (non-hydrogen) atoms. The molecule has 0 aromatic heterocycles. The second kappa shape index (κ2) is 9.01. The third-order valence-corrected chi connectivity index (χ3v) is 7.17. The minimum absolute atomic E-state index is 0.171. The van der Waals surface area contributed by atoms with Crippen molar-refractivity contribution in [1.29, 1.82) is 0 Å². The zero-order valence-corrected chi connectivity index (χ0v) is 20.9. The van der Waals surface area contributed by atoms with Crippen molar-refractivity contribution in [3.8, 4) is 0 Å². The maximum absolute atomic E-state index is 13.4. The molecule has 3 aromatic carbocycles. The number of amides is 1. The van der Waals surface area contributed by atoms with E-state index >= 15 is 0 Å². The number of hydrogen-bond acceptors (Lipinski definition) is 4. The van der Waals surface area contributed by atoms with Crippen LogP contribution < -0.4 is 15.4 Å². The molecule has 0 unspecified atom stereocenters. The molecular weight excluding hydrogens is 523 g/mol. The number of halogens is 3. The lowest BCUT2D eigenvalue weighted by atomic mass is 9.91. The lowest BCUT2D eigenvalue weighted by Crippen LogP contribution is -2.45. The SMILES string of the molecule is C[C@H]1C(C(=O)NN2CCc3ccccc32)=NN(c2ccc(Cl)cc2Cl)[C@H]1c1ccc(Br)cc1. The number of carbonyl (C=O) groups excluding carboxylic acids is 1. The Labute approximate surface area is 211 Å². The van der Waals surface area contributed by atoms with Gasteiger partial charge in [0.25, 0.3) is 5.91 Å². The van der Waals surface area contributed by atoms with Crippen molar-refractivity contribution in [1.82, 2.24) is 5.43 Å². The van der Waals surface area contributed by atoms with Crippen LogP contribution >= 0.6 is 39.1 Å². The molecule has 2 atom stereocenters. The van der Waals surface area contributed by atoms with E-state index in [1.165, 1.54) is 5.56 Å². The number of benzene rings is 3. The third-order valence-electron chi connectivity index (χ3n) is 6.11. The number of carbonyl (C=O) groups is 1. The third kappa shape index (κ3) is 4.23. The van der Waals surface area contributed by atoms with E-state index in [-0.39, 0.29) is 17.9 Å². The second-order valence-corrected chi connectivity index (χ2v) is 9.94. The fourth-order valence-electron chi connectivity index (χ4n) is 4.48. The molecule has 2 aliphatic heterocycles. The summed E-state index contributed by atoms with van der Waals surface area (Å²) in [5.41, 5.74) is 7.51. The highest BCUT2D eigenvalue weighted by atomic mass is 79.9. The van der Waals surface area contributed by atoms with Gasteiger partial charge in [-0.1, -0.05) is 76.4 Å². The maximum Gasteiger partial charge on any atom is 0.286 e. The zero-order chi connectivity index (χ0) is 23.1. The van der Waals surface area contributed by atoms with Gasteiger partial charge in [-0.15, -0.1) is 0 Å². The fourth-order valence-corrected chi connectivity index (χ4v) is 5.24. The van der Waals surface area contributed by atoms with E-state index in [1.54, 1.807) is 12.1 Å². The summed E-state index contributed by atoms with van der Waals surface area (Å²) in [5.74, 6) is -0.385. The molecule has 0 saturated carbocycles. The van der Waals surface area contributed by atoms with Crippen LogP contribution in [0.1, 0.15) is 24.1 Å². The van der Waals surface area contributed by atoms with E-state index in [1.807, 2.05) is 65.5 Å². The molecule has 1 amide bonds. The maximum atomic E-state index is 13.4. The number of fused-ring (bicyclic) bond motifs is 1. The van der Waals surface area contributed by atoms with Crippen LogP contribution in [-0.4, -0.2) is 18.2 Å². The molecule has 1 N–H and O–H groups in total. The molecule has 8 heteroatoms. The Morgan fingerprint density at radius 1 is 1.06 bits per heavy atom. The molecule has 5 rings (SSSR count). The Morgan fingerprint density at radius 3 is 2.58 bits per heavy atom. The Hall–Kier alpha value is -2.54. The summed E-state index contributed by atoms with van der Waals surface area (Å²) in [7, 11) is 0. The quantitative estimate of drug-likeness (QED) is 0.414. The van der Waals surface area contributed by atoms with Gasteiger partial charge in [0.1, 0.15) is 5.71 Å². The summed E-state index contributed by atoms with van der Waals surface area (Å²) < 4.78 is 0.986. The Balaban J connectivity index is 1.49. The van der Waals surface area contributed by atoms with Gasteiger partial charge in [0.15, 0.2) is 0 Å². The molecule has 0 bridgehead atoms. The average Bonchev–Trinajstić information content (AvgIpc) is 3.36. The van der Waals surface area contributed by atoms with Gasteiger partial charge in [-0.25, -0.2) is 0 Å². The summed E-state index contributed by atoms with van der Waals surface area (Å²) in [4.78, 5) is 13.4. The van der Waals surface area contributed by atoms with Gasteiger partial charge in [-0.05, 0) is 53.9 Å². The highest BCUT2D eigenvalue weighted by Gasteiger charge is 2.40. The number of para-hydroxylation sites is 1. The largest absolute Gasteiger partial charge is 0.286 e. The lowest BCUT2D eigenvalue weighted by Gasteiger charge is -2.27. The first-order valence-electron chi connectivity index (χ1n) is 10.7. The summed E-state index contributed by atoms with van der Waals surface area (Å²) in [6, 6.07) is 21.3. The first-order valence-corrected chi connectivity index (χ1v) is 12.2. The van der Waals surface area contributed by atoms with Crippen molar-refractivity contribution >= 4 is 62.1 Å². The number of hydrazine groups is 1. The van der Waals surface area contributed by atoms with Gasteiger partial charge < -0.3 is 0 Å². The van der Waals surface area contributed by atoms with E-state index in [0.717, 1.165) is 28.7 Å². The zero-order valence-electron chi connectivity index (χ0n) is 17.8. The van der Waals surface area contributed by atoms with E-state index in [0.29, 0.717) is 21.4 Å². The first kappa shape index (κ1) is 22.3. The molecule has 0 fully saturated rings. The topological polar surface area (TPSA) is 47.9 Å². The van der Waals surface area contributed by atoms with Crippen LogP contribution in [0.25, 0.3) is 0 Å². The van der Waals surface area contributed by atoms with Gasteiger partial charge >= 0.3 is 0 Å². The van der Waals surface area contributed by atoms with Crippen LogP contribution in [0.3, 0.4) is 0 Å². The van der Waals surface area contributed by atoms with Crippen LogP contribution in [0, 0.1) is 5.92 Å². The highest BCUT2D eigenvalue weighted by molar-refractivity contribution is 9.10. The number of nitrogens with zero attached hydrogens (tertiary/aromatic N) is 3. The minimum Gasteiger partial charge on any atom is -0.285 e. The monoisotopic (exact) mass is 542 g/mol. The normalized spacial score (nSPS) is 19.5. The van der Waals surface area contributed by atoms with Crippen molar-refractivity contribution in [3.63, 3.8) is 0 Å². The molecule has 2 heterocycles. The van der Waals surface area contributed by atoms with Crippen molar-refractivity contribution in [2.24, 2.45) is 11.0 Å². The van der Waals surface area contributed by atoms with Crippen LogP contribution in [-0.2, 0) is 11.2 Å². The van der Waals surface area contributed by atoms with E-state index in [2.05, 4.69) is 27.4 Å². The van der Waals surface area contributed by atoms with Crippen molar-refractivity contribution < 1.29 is 4.79 Å². The predicted octanol–water partition coefficient (Wildman–Crippen LogP) is 6.40. The average molecular weight is 544 g/mol. The van der Waals surface area contributed by atoms with Gasteiger partial charge in [-0.2, -0.15) is 5.10 Å². The molecule has 3 aromatic rings. The highest BCUT2D eigenvalue weighted by Crippen LogP contribution is 2.42. The molecule has 0 aliphatic carbocycles. The van der Waals surface area contributed by atoms with E-state index < -0.39 is 0 Å². The van der Waals surface area contributed by atoms with Crippen molar-refractivity contribution in [3.05, 3.63) is 92.4 Å². The number of nitrogens with one attached hydrogen (secondary N) is 1. The van der Waals surface area contributed by atoms with Crippen LogP contribution in [0.15, 0.2) is 76.3 Å². The molecule has 5 nitrogen and oxygen atoms in total. The Kier molecular flexibility index (Phi) is 6.08. The molecule has 0 spiro atoms. The summed E-state index contributed by atoms with van der Waals surface area (Å²) in [6.07, 6.45) is 0.895. The summed E-state index contributed by atoms with van der Waals surface area (Å²) >= 11 is 16.2. The van der Waals surface area contributed by atoms with E-state index in [4.69, 9.17) is 28.3 Å². The number of rotatable bonds is 4. The smallest absolute Gasteiger partial charge is 0.285 e. The molecular formula is C25H21BrCl2N4O. The first-order chi connectivity index (χ1) is 15.9. The van der Waals surface area contributed by atoms with Crippen LogP contribution in [0.5, 0.6) is 0 Å². The predicted molar refractivity (Wildman–Crippen MR) is 138 cm³/mol. The standard InChI is InChI=1S/C25H21BrCl2N4O/c1-15-23(25(33)30-31-13-12-16-4-2-3-5-21(16)31)29-32(22-11-10-19(27)14-20(22)28)24(15)17-6-8-18(26)9-7-17/h2-11,14-15,24H,12-13H2,1H3,(H,30,33)/t15-,24+/m0/s1. The molecule has 168 valence electrons. The number of hydrazone groups is 1. The fraction of sp³-hybridized carbons (Fsp3) is 0.200. The summed E-state index contributed by atoms with van der Waals surface area (Å²) in [5, 5.41) is 9.54. The summed E-state index contributed by atoms with van der Waals surface area (Å²) in [6.45, 7) is 2.75. The second-order valence-electron chi connectivity index (χ2n) is 8.18. The minimum atomic E-state index is -0.214. The van der Waals surface area contributed by atoms with Crippen molar-refractivity contribution in [2.45, 2.75) is 19.4 Å². The van der Waals surface area contributed by atoms with Gasteiger partial charge in [0, 0.05) is 22.0 Å². The Bertz CT molecular complexity index is 1250. The Morgan fingerprint density at radius 2 is 1.82 bits per heavy atom. The van der Waals surface area contributed by atoms with E-state index in [9.17, 15) is 4.79 Å².